The minimum absolute atomic E-state index is 0.0722. The van der Waals surface area contributed by atoms with Crippen LogP contribution in [0.25, 0.3) is 0 Å². The maximum atomic E-state index is 9.21. The van der Waals surface area contributed by atoms with E-state index in [1.54, 1.807) is 11.8 Å². The van der Waals surface area contributed by atoms with E-state index >= 15 is 0 Å². The van der Waals surface area contributed by atoms with Gasteiger partial charge in [-0.05, 0) is 24.1 Å². The van der Waals surface area contributed by atoms with Crippen molar-refractivity contribution in [3.05, 3.63) is 34.9 Å². The lowest BCUT2D eigenvalue weighted by Crippen LogP contribution is -2.14. The Balaban J connectivity index is 2.57. The number of nitrogens with one attached hydrogen (secondary N) is 1. The number of nitrogen functional groups attached to an aromatic ring is 1. The largest absolute Gasteiger partial charge is 0.394 e. The standard InChI is InChI=1S/C12H18N2O2S/c1-8-4-9(12(13)14)2-3-10(8)6-17-7-11(16)5-15/h2-4,11,15-16H,5-7H2,1H3,(H3,13,14). The second-order valence-corrected chi connectivity index (χ2v) is 4.94. The molecule has 1 aromatic rings. The van der Waals surface area contributed by atoms with Crippen LogP contribution in [0.3, 0.4) is 0 Å². The number of aryl methyl sites for hydroxylation is 1. The lowest BCUT2D eigenvalue weighted by atomic mass is 10.1. The third-order valence-electron chi connectivity index (χ3n) is 2.43. The first kappa shape index (κ1) is 14.0. The molecule has 0 fully saturated rings. The normalized spacial score (nSPS) is 12.4. The summed E-state index contributed by atoms with van der Waals surface area (Å²) in [6.45, 7) is 1.78. The molecule has 0 spiro atoms. The van der Waals surface area contributed by atoms with Crippen molar-refractivity contribution in [3.63, 3.8) is 0 Å². The van der Waals surface area contributed by atoms with E-state index in [9.17, 15) is 5.11 Å². The van der Waals surface area contributed by atoms with E-state index in [0.29, 0.717) is 5.75 Å². The van der Waals surface area contributed by atoms with E-state index in [0.717, 1.165) is 22.4 Å². The maximum absolute atomic E-state index is 9.21. The van der Waals surface area contributed by atoms with E-state index in [1.165, 1.54) is 0 Å². The Labute approximate surface area is 105 Å². The molecule has 0 radical (unpaired) electrons. The zero-order valence-electron chi connectivity index (χ0n) is 9.81. The Morgan fingerprint density at radius 3 is 2.76 bits per heavy atom. The van der Waals surface area contributed by atoms with Crippen molar-refractivity contribution in [2.24, 2.45) is 5.73 Å². The molecule has 0 aliphatic rings. The molecule has 17 heavy (non-hydrogen) atoms. The lowest BCUT2D eigenvalue weighted by molar-refractivity contribution is 0.113. The van der Waals surface area contributed by atoms with Crippen LogP contribution in [0.5, 0.6) is 0 Å². The fourth-order valence-electron chi connectivity index (χ4n) is 1.38. The third kappa shape index (κ3) is 4.38. The summed E-state index contributed by atoms with van der Waals surface area (Å²) >= 11 is 1.57. The molecule has 0 aromatic heterocycles. The SMILES string of the molecule is Cc1cc(C(=N)N)ccc1CSCC(O)CO. The number of rotatable bonds is 6. The van der Waals surface area contributed by atoms with Crippen LogP contribution in [0.2, 0.25) is 0 Å². The van der Waals surface area contributed by atoms with Gasteiger partial charge in [-0.25, -0.2) is 0 Å². The minimum atomic E-state index is -0.656. The minimum Gasteiger partial charge on any atom is -0.394 e. The molecule has 1 aromatic carbocycles. The highest BCUT2D eigenvalue weighted by atomic mass is 32.2. The fraction of sp³-hybridized carbons (Fsp3) is 0.417. The summed E-state index contributed by atoms with van der Waals surface area (Å²) in [5, 5.41) is 25.2. The second kappa shape index (κ2) is 6.64. The Bertz CT molecular complexity index is 396. The molecule has 0 aliphatic heterocycles. The molecule has 0 bridgehead atoms. The molecule has 0 aliphatic carbocycles. The Morgan fingerprint density at radius 2 is 2.24 bits per heavy atom. The van der Waals surface area contributed by atoms with Crippen molar-refractivity contribution in [2.45, 2.75) is 18.8 Å². The number of aliphatic hydroxyl groups is 2. The molecule has 5 N–H and O–H groups in total. The quantitative estimate of drug-likeness (QED) is 0.448. The van der Waals surface area contributed by atoms with E-state index in [1.807, 2.05) is 25.1 Å². The number of aliphatic hydroxyl groups excluding tert-OH is 2. The highest BCUT2D eigenvalue weighted by Gasteiger charge is 2.05. The van der Waals surface area contributed by atoms with Crippen molar-refractivity contribution in [1.29, 1.82) is 5.41 Å². The monoisotopic (exact) mass is 254 g/mol. The van der Waals surface area contributed by atoms with Gasteiger partial charge >= 0.3 is 0 Å². The molecule has 0 heterocycles. The summed E-state index contributed by atoms with van der Waals surface area (Å²) in [5.74, 6) is 1.37. The molecule has 1 rings (SSSR count). The molecule has 0 amide bonds. The first-order chi connectivity index (χ1) is 8.04. The zero-order chi connectivity index (χ0) is 12.8. The highest BCUT2D eigenvalue weighted by Crippen LogP contribution is 2.18. The number of nitrogens with two attached hydrogens (primary N) is 1. The summed E-state index contributed by atoms with van der Waals surface area (Å²) in [6, 6.07) is 5.67. The predicted octanol–water partition coefficient (Wildman–Crippen LogP) is 0.865. The lowest BCUT2D eigenvalue weighted by Gasteiger charge is -2.09. The number of thioether (sulfide) groups is 1. The Kier molecular flexibility index (Phi) is 5.47. The summed E-state index contributed by atoms with van der Waals surface area (Å²) in [5.41, 5.74) is 8.38. The van der Waals surface area contributed by atoms with Gasteiger partial charge < -0.3 is 15.9 Å². The van der Waals surface area contributed by atoms with Gasteiger partial charge in [-0.2, -0.15) is 11.8 Å². The Morgan fingerprint density at radius 1 is 1.53 bits per heavy atom. The number of benzene rings is 1. The van der Waals surface area contributed by atoms with Crippen LogP contribution in [-0.2, 0) is 5.75 Å². The number of hydrogen-bond donors (Lipinski definition) is 4. The summed E-state index contributed by atoms with van der Waals surface area (Å²) in [6.07, 6.45) is -0.656. The fourth-order valence-corrected chi connectivity index (χ4v) is 2.42. The number of amidine groups is 1. The molecule has 4 nitrogen and oxygen atoms in total. The van der Waals surface area contributed by atoms with E-state index < -0.39 is 6.10 Å². The van der Waals surface area contributed by atoms with Crippen molar-refractivity contribution in [1.82, 2.24) is 0 Å². The van der Waals surface area contributed by atoms with Crippen LogP contribution in [0.15, 0.2) is 18.2 Å². The van der Waals surface area contributed by atoms with E-state index in [-0.39, 0.29) is 12.4 Å². The maximum Gasteiger partial charge on any atom is 0.122 e. The van der Waals surface area contributed by atoms with Gasteiger partial charge in [0.15, 0.2) is 0 Å². The summed E-state index contributed by atoms with van der Waals surface area (Å²) in [4.78, 5) is 0. The van der Waals surface area contributed by atoms with E-state index in [2.05, 4.69) is 0 Å². The second-order valence-electron chi connectivity index (χ2n) is 3.91. The van der Waals surface area contributed by atoms with Crippen molar-refractivity contribution < 1.29 is 10.2 Å². The molecule has 0 saturated heterocycles. The van der Waals surface area contributed by atoms with Crippen LogP contribution in [0, 0.1) is 12.3 Å². The van der Waals surface area contributed by atoms with Gasteiger partial charge in [-0.3, -0.25) is 5.41 Å². The average molecular weight is 254 g/mol. The van der Waals surface area contributed by atoms with Crippen LogP contribution < -0.4 is 5.73 Å². The highest BCUT2D eigenvalue weighted by molar-refractivity contribution is 7.98. The van der Waals surface area contributed by atoms with Gasteiger partial charge in [-0.15, -0.1) is 0 Å². The molecule has 1 atom stereocenters. The van der Waals surface area contributed by atoms with Crippen LogP contribution in [0.4, 0.5) is 0 Å². The molecule has 1 unspecified atom stereocenters. The third-order valence-corrected chi connectivity index (χ3v) is 3.57. The topological polar surface area (TPSA) is 90.3 Å². The Hall–Kier alpha value is -1.04. The van der Waals surface area contributed by atoms with Gasteiger partial charge in [0.2, 0.25) is 0 Å². The van der Waals surface area contributed by atoms with Gasteiger partial charge in [0.25, 0.3) is 0 Å². The molecule has 5 heteroatoms. The van der Waals surface area contributed by atoms with Crippen molar-refractivity contribution in [2.75, 3.05) is 12.4 Å². The van der Waals surface area contributed by atoms with Gasteiger partial charge in [-0.1, -0.05) is 12.1 Å². The van der Waals surface area contributed by atoms with Crippen molar-refractivity contribution >= 4 is 17.6 Å². The molecule has 0 saturated carbocycles. The first-order valence-corrected chi connectivity index (χ1v) is 6.50. The van der Waals surface area contributed by atoms with Crippen LogP contribution >= 0.6 is 11.8 Å². The van der Waals surface area contributed by atoms with Gasteiger partial charge in [0.05, 0.1) is 12.7 Å². The first-order valence-electron chi connectivity index (χ1n) is 5.35. The van der Waals surface area contributed by atoms with E-state index in [4.69, 9.17) is 16.2 Å². The zero-order valence-corrected chi connectivity index (χ0v) is 10.6. The predicted molar refractivity (Wildman–Crippen MR) is 71.4 cm³/mol. The van der Waals surface area contributed by atoms with Crippen molar-refractivity contribution in [3.8, 4) is 0 Å². The molecule has 94 valence electrons. The summed E-state index contributed by atoms with van der Waals surface area (Å²) < 4.78 is 0. The van der Waals surface area contributed by atoms with Gasteiger partial charge in [0, 0.05) is 17.1 Å². The molecular formula is C12H18N2O2S. The smallest absolute Gasteiger partial charge is 0.122 e. The molecular weight excluding hydrogens is 236 g/mol. The van der Waals surface area contributed by atoms with Crippen LogP contribution in [-0.4, -0.2) is 34.5 Å². The average Bonchev–Trinajstić information content (AvgIpc) is 2.30. The van der Waals surface area contributed by atoms with Crippen LogP contribution in [0.1, 0.15) is 16.7 Å². The number of hydrogen-bond acceptors (Lipinski definition) is 4. The van der Waals surface area contributed by atoms with Gasteiger partial charge in [0.1, 0.15) is 5.84 Å². The summed E-state index contributed by atoms with van der Waals surface area (Å²) in [7, 11) is 0.